The van der Waals surface area contributed by atoms with Gasteiger partial charge in [-0.1, -0.05) is 35.9 Å². The second kappa shape index (κ2) is 8.62. The first-order valence-electron chi connectivity index (χ1n) is 8.50. The third-order valence-corrected chi connectivity index (χ3v) is 5.88. The molecule has 1 N–H and O–H groups in total. The Morgan fingerprint density at radius 1 is 1.21 bits per heavy atom. The van der Waals surface area contributed by atoms with E-state index in [1.165, 1.54) is 6.92 Å². The molecule has 2 aromatic rings. The molecule has 0 aliphatic carbocycles. The standard InChI is InChI=1S/C19H20ClF3N2O3S/c1-12-6-4-5-7-14(12)11-24-18(26)13(2)25(29(3,27)28)15-8-9-17(20)16(10-15)19(21,22)23/h4-10,13H,11H2,1-3H3,(H,24,26)/t13-/m1/s1. The summed E-state index contributed by atoms with van der Waals surface area (Å²) in [5.41, 5.74) is 0.290. The van der Waals surface area contributed by atoms with E-state index in [1.54, 1.807) is 6.07 Å². The zero-order chi connectivity index (χ0) is 22.0. The van der Waals surface area contributed by atoms with E-state index in [1.807, 2.05) is 25.1 Å². The molecule has 0 spiro atoms. The normalized spacial score (nSPS) is 13.1. The number of carbonyl (C=O) groups is 1. The number of hydrogen-bond donors (Lipinski definition) is 1. The van der Waals surface area contributed by atoms with Crippen LogP contribution >= 0.6 is 11.6 Å². The van der Waals surface area contributed by atoms with Gasteiger partial charge in [-0.3, -0.25) is 9.10 Å². The zero-order valence-corrected chi connectivity index (χ0v) is 17.5. The number of benzene rings is 2. The number of rotatable bonds is 6. The van der Waals surface area contributed by atoms with Crippen LogP contribution in [0.2, 0.25) is 5.02 Å². The van der Waals surface area contributed by atoms with E-state index in [4.69, 9.17) is 11.6 Å². The minimum Gasteiger partial charge on any atom is -0.350 e. The molecule has 0 aromatic heterocycles. The van der Waals surface area contributed by atoms with Crippen LogP contribution in [-0.4, -0.2) is 26.6 Å². The molecule has 0 aliphatic heterocycles. The van der Waals surface area contributed by atoms with Crippen LogP contribution in [0.5, 0.6) is 0 Å². The fourth-order valence-electron chi connectivity index (χ4n) is 2.81. The number of nitrogens with one attached hydrogen (secondary N) is 1. The van der Waals surface area contributed by atoms with E-state index in [9.17, 15) is 26.4 Å². The van der Waals surface area contributed by atoms with Gasteiger partial charge in [0.05, 0.1) is 22.5 Å². The minimum absolute atomic E-state index is 0.155. The van der Waals surface area contributed by atoms with Crippen LogP contribution in [0, 0.1) is 6.92 Å². The van der Waals surface area contributed by atoms with E-state index in [0.29, 0.717) is 10.4 Å². The highest BCUT2D eigenvalue weighted by Crippen LogP contribution is 2.37. The second-order valence-electron chi connectivity index (χ2n) is 6.54. The maximum atomic E-state index is 13.2. The summed E-state index contributed by atoms with van der Waals surface area (Å²) in [7, 11) is -4.07. The molecule has 0 unspecified atom stereocenters. The molecular weight excluding hydrogens is 429 g/mol. The summed E-state index contributed by atoms with van der Waals surface area (Å²) in [5.74, 6) is -0.651. The molecule has 0 saturated carbocycles. The van der Waals surface area contributed by atoms with Crippen molar-refractivity contribution in [1.82, 2.24) is 5.32 Å². The molecule has 29 heavy (non-hydrogen) atoms. The Kier molecular flexibility index (Phi) is 6.85. The maximum absolute atomic E-state index is 13.2. The van der Waals surface area contributed by atoms with Crippen LogP contribution in [0.4, 0.5) is 18.9 Å². The lowest BCUT2D eigenvalue weighted by atomic mass is 10.1. The SMILES string of the molecule is Cc1ccccc1CNC(=O)[C@@H](C)N(c1ccc(Cl)c(C(F)(F)F)c1)S(C)(=O)=O. The van der Waals surface area contributed by atoms with Gasteiger partial charge in [-0.05, 0) is 43.2 Å². The monoisotopic (exact) mass is 448 g/mol. The lowest BCUT2D eigenvalue weighted by Gasteiger charge is -2.29. The van der Waals surface area contributed by atoms with E-state index in [2.05, 4.69) is 5.32 Å². The number of aryl methyl sites for hydroxylation is 1. The number of nitrogens with zero attached hydrogens (tertiary/aromatic N) is 1. The fourth-order valence-corrected chi connectivity index (χ4v) is 4.21. The van der Waals surface area contributed by atoms with Gasteiger partial charge in [0.1, 0.15) is 6.04 Å². The molecule has 0 heterocycles. The van der Waals surface area contributed by atoms with E-state index < -0.39 is 38.7 Å². The van der Waals surface area contributed by atoms with Crippen LogP contribution in [0.15, 0.2) is 42.5 Å². The summed E-state index contributed by atoms with van der Waals surface area (Å²) in [6.45, 7) is 3.32. The van der Waals surface area contributed by atoms with Crippen molar-refractivity contribution in [3.63, 3.8) is 0 Å². The molecule has 0 fully saturated rings. The molecule has 2 rings (SSSR count). The molecule has 10 heteroatoms. The summed E-state index contributed by atoms with van der Waals surface area (Å²) >= 11 is 5.61. The van der Waals surface area contributed by atoms with E-state index >= 15 is 0 Å². The number of sulfonamides is 1. The Morgan fingerprint density at radius 3 is 2.38 bits per heavy atom. The average Bonchev–Trinajstić information content (AvgIpc) is 2.60. The van der Waals surface area contributed by atoms with Crippen molar-refractivity contribution in [2.45, 2.75) is 32.6 Å². The van der Waals surface area contributed by atoms with Crippen molar-refractivity contribution in [1.29, 1.82) is 0 Å². The summed E-state index contributed by atoms with van der Waals surface area (Å²) in [4.78, 5) is 12.6. The number of carbonyl (C=O) groups excluding carboxylic acids is 1. The second-order valence-corrected chi connectivity index (χ2v) is 8.81. The molecule has 1 amide bonds. The highest BCUT2D eigenvalue weighted by atomic mass is 35.5. The Bertz CT molecular complexity index is 1010. The summed E-state index contributed by atoms with van der Waals surface area (Å²) in [5, 5.41) is 2.06. The van der Waals surface area contributed by atoms with Crippen LogP contribution in [0.25, 0.3) is 0 Å². The highest BCUT2D eigenvalue weighted by molar-refractivity contribution is 7.92. The first kappa shape index (κ1) is 23.0. The molecule has 0 bridgehead atoms. The molecule has 2 aromatic carbocycles. The predicted molar refractivity (Wildman–Crippen MR) is 106 cm³/mol. The van der Waals surface area contributed by atoms with Gasteiger partial charge in [0.15, 0.2) is 0 Å². The fraction of sp³-hybridized carbons (Fsp3) is 0.316. The van der Waals surface area contributed by atoms with Crippen molar-refractivity contribution in [3.05, 3.63) is 64.2 Å². The van der Waals surface area contributed by atoms with Crippen molar-refractivity contribution >= 4 is 33.2 Å². The van der Waals surface area contributed by atoms with Gasteiger partial charge in [0.25, 0.3) is 0 Å². The lowest BCUT2D eigenvalue weighted by molar-refractivity contribution is -0.137. The quantitative estimate of drug-likeness (QED) is 0.722. The number of amides is 1. The molecule has 0 aliphatic rings. The van der Waals surface area contributed by atoms with Gasteiger partial charge < -0.3 is 5.32 Å². The Balaban J connectivity index is 2.33. The molecule has 0 radical (unpaired) electrons. The van der Waals surface area contributed by atoms with E-state index in [-0.39, 0.29) is 12.2 Å². The number of halogens is 4. The summed E-state index contributed by atoms with van der Waals surface area (Å²) in [6, 6.07) is 8.73. The van der Waals surface area contributed by atoms with Gasteiger partial charge in [0.2, 0.25) is 15.9 Å². The largest absolute Gasteiger partial charge is 0.417 e. The van der Waals surface area contributed by atoms with Gasteiger partial charge in [-0.15, -0.1) is 0 Å². The minimum atomic E-state index is -4.77. The molecule has 158 valence electrons. The van der Waals surface area contributed by atoms with E-state index in [0.717, 1.165) is 29.5 Å². The number of hydrogen-bond acceptors (Lipinski definition) is 3. The Morgan fingerprint density at radius 2 is 1.83 bits per heavy atom. The smallest absolute Gasteiger partial charge is 0.350 e. The first-order valence-corrected chi connectivity index (χ1v) is 10.7. The predicted octanol–water partition coefficient (Wildman–Crippen LogP) is 4.14. The van der Waals surface area contributed by atoms with Gasteiger partial charge in [-0.25, -0.2) is 8.42 Å². The van der Waals surface area contributed by atoms with Crippen LogP contribution in [0.1, 0.15) is 23.6 Å². The van der Waals surface area contributed by atoms with Crippen LogP contribution in [0.3, 0.4) is 0 Å². The number of alkyl halides is 3. The Hall–Kier alpha value is -2.26. The maximum Gasteiger partial charge on any atom is 0.417 e. The first-order chi connectivity index (χ1) is 13.3. The number of anilines is 1. The lowest BCUT2D eigenvalue weighted by Crippen LogP contribution is -2.47. The third kappa shape index (κ3) is 5.63. The van der Waals surface area contributed by atoms with Crippen molar-refractivity contribution < 1.29 is 26.4 Å². The van der Waals surface area contributed by atoms with Gasteiger partial charge >= 0.3 is 6.18 Å². The third-order valence-electron chi connectivity index (χ3n) is 4.31. The molecular formula is C19H20ClF3N2O3S. The van der Waals surface area contributed by atoms with Crippen molar-refractivity contribution in [2.75, 3.05) is 10.6 Å². The van der Waals surface area contributed by atoms with Gasteiger partial charge in [0, 0.05) is 6.54 Å². The topological polar surface area (TPSA) is 66.5 Å². The van der Waals surface area contributed by atoms with Crippen molar-refractivity contribution in [2.24, 2.45) is 0 Å². The summed E-state index contributed by atoms with van der Waals surface area (Å²) < 4.78 is 64.7. The molecule has 1 atom stereocenters. The zero-order valence-electron chi connectivity index (χ0n) is 15.9. The highest BCUT2D eigenvalue weighted by Gasteiger charge is 2.36. The Labute approximate surface area is 172 Å². The summed E-state index contributed by atoms with van der Waals surface area (Å²) in [6.07, 6.45) is -3.95. The average molecular weight is 449 g/mol. The molecule has 5 nitrogen and oxygen atoms in total. The molecule has 0 saturated heterocycles. The van der Waals surface area contributed by atoms with Gasteiger partial charge in [-0.2, -0.15) is 13.2 Å². The van der Waals surface area contributed by atoms with Crippen LogP contribution in [-0.2, 0) is 27.5 Å². The van der Waals surface area contributed by atoms with Crippen molar-refractivity contribution in [3.8, 4) is 0 Å². The van der Waals surface area contributed by atoms with Crippen LogP contribution < -0.4 is 9.62 Å².